The maximum atomic E-state index is 5.56. The molecule has 0 saturated heterocycles. The fraction of sp³-hybridized carbons (Fsp3) is 1.00. The van der Waals surface area contributed by atoms with E-state index in [4.69, 9.17) is 10.6 Å². The lowest BCUT2D eigenvalue weighted by Crippen LogP contribution is -2.47. The predicted octanol–water partition coefficient (Wildman–Crippen LogP) is 1.68. The third kappa shape index (κ3) is 3.56. The maximum Gasteiger partial charge on any atom is 0.0760 e. The van der Waals surface area contributed by atoms with E-state index in [0.717, 1.165) is 12.3 Å². The van der Waals surface area contributed by atoms with Crippen molar-refractivity contribution < 1.29 is 4.74 Å². The largest absolute Gasteiger partial charge is 0.380 e. The summed E-state index contributed by atoms with van der Waals surface area (Å²) in [4.78, 5) is 0. The molecule has 2 unspecified atom stereocenters. The number of hydrogen-bond acceptors (Lipinski definition) is 3. The summed E-state index contributed by atoms with van der Waals surface area (Å²) in [5.41, 5.74) is 2.89. The van der Waals surface area contributed by atoms with Crippen LogP contribution in [0.5, 0.6) is 0 Å². The van der Waals surface area contributed by atoms with Crippen LogP contribution in [0.25, 0.3) is 0 Å². The molecular weight excluding hydrogens is 176 g/mol. The van der Waals surface area contributed by atoms with Gasteiger partial charge in [-0.1, -0.05) is 26.7 Å². The van der Waals surface area contributed by atoms with Crippen LogP contribution in [0.3, 0.4) is 0 Å². The summed E-state index contributed by atoms with van der Waals surface area (Å²) >= 11 is 0. The van der Waals surface area contributed by atoms with Gasteiger partial charge in [-0.3, -0.25) is 11.3 Å². The molecule has 1 aliphatic rings. The zero-order chi connectivity index (χ0) is 10.6. The van der Waals surface area contributed by atoms with Gasteiger partial charge in [-0.25, -0.2) is 0 Å². The highest BCUT2D eigenvalue weighted by Crippen LogP contribution is 2.34. The lowest BCUT2D eigenvalue weighted by atomic mass is 9.95. The molecule has 84 valence electrons. The molecule has 0 heterocycles. The molecule has 0 aromatic heterocycles. The van der Waals surface area contributed by atoms with E-state index in [-0.39, 0.29) is 6.10 Å². The van der Waals surface area contributed by atoms with Crippen molar-refractivity contribution in [2.45, 2.75) is 51.7 Å². The monoisotopic (exact) mass is 200 g/mol. The summed E-state index contributed by atoms with van der Waals surface area (Å²) in [6.45, 7) is 4.35. The molecule has 0 radical (unpaired) electrons. The molecule has 1 fully saturated rings. The molecule has 3 N–H and O–H groups in total. The van der Waals surface area contributed by atoms with Crippen LogP contribution in [0.4, 0.5) is 0 Å². The quantitative estimate of drug-likeness (QED) is 0.485. The van der Waals surface area contributed by atoms with Crippen molar-refractivity contribution >= 4 is 0 Å². The first-order valence-corrected chi connectivity index (χ1v) is 5.68. The second-order valence-corrected chi connectivity index (χ2v) is 4.74. The van der Waals surface area contributed by atoms with Crippen molar-refractivity contribution in [2.24, 2.45) is 17.7 Å². The first-order chi connectivity index (χ1) is 6.69. The number of hydrazine groups is 1. The Balaban J connectivity index is 2.31. The van der Waals surface area contributed by atoms with Crippen molar-refractivity contribution in [3.63, 3.8) is 0 Å². The summed E-state index contributed by atoms with van der Waals surface area (Å²) in [6, 6.07) is 0.306. The number of nitrogens with one attached hydrogen (secondary N) is 1. The topological polar surface area (TPSA) is 47.3 Å². The van der Waals surface area contributed by atoms with Crippen LogP contribution in [-0.2, 0) is 4.74 Å². The highest BCUT2D eigenvalue weighted by molar-refractivity contribution is 4.81. The minimum Gasteiger partial charge on any atom is -0.380 e. The smallest absolute Gasteiger partial charge is 0.0760 e. The van der Waals surface area contributed by atoms with E-state index >= 15 is 0 Å². The molecule has 0 spiro atoms. The standard InChI is InChI=1S/C11H24N2O/c1-8(2)11(14-3)10(13-12)7-6-9-4-5-9/h8-11,13H,4-7,12H2,1-3H3. The van der Waals surface area contributed by atoms with Crippen LogP contribution < -0.4 is 11.3 Å². The maximum absolute atomic E-state index is 5.56. The highest BCUT2D eigenvalue weighted by Gasteiger charge is 2.27. The van der Waals surface area contributed by atoms with Crippen LogP contribution >= 0.6 is 0 Å². The number of ether oxygens (including phenoxy) is 1. The van der Waals surface area contributed by atoms with Crippen molar-refractivity contribution in [3.05, 3.63) is 0 Å². The fourth-order valence-corrected chi connectivity index (χ4v) is 2.07. The molecule has 0 aromatic rings. The highest BCUT2D eigenvalue weighted by atomic mass is 16.5. The van der Waals surface area contributed by atoms with Crippen molar-refractivity contribution in [3.8, 4) is 0 Å². The Hall–Kier alpha value is -0.120. The van der Waals surface area contributed by atoms with Gasteiger partial charge in [-0.2, -0.15) is 0 Å². The van der Waals surface area contributed by atoms with Gasteiger partial charge in [-0.15, -0.1) is 0 Å². The molecule has 1 saturated carbocycles. The first kappa shape index (κ1) is 12.0. The zero-order valence-corrected chi connectivity index (χ0v) is 9.62. The van der Waals surface area contributed by atoms with E-state index < -0.39 is 0 Å². The van der Waals surface area contributed by atoms with E-state index in [0.29, 0.717) is 12.0 Å². The van der Waals surface area contributed by atoms with E-state index in [1.165, 1.54) is 19.3 Å². The van der Waals surface area contributed by atoms with Gasteiger partial charge in [0.2, 0.25) is 0 Å². The summed E-state index contributed by atoms with van der Waals surface area (Å²) in [5.74, 6) is 7.05. The third-order valence-electron chi connectivity index (χ3n) is 3.12. The summed E-state index contributed by atoms with van der Waals surface area (Å²) in [7, 11) is 1.77. The van der Waals surface area contributed by atoms with Crippen molar-refractivity contribution in [1.82, 2.24) is 5.43 Å². The Morgan fingerprint density at radius 1 is 1.43 bits per heavy atom. The lowest BCUT2D eigenvalue weighted by molar-refractivity contribution is 0.0297. The predicted molar refractivity (Wildman–Crippen MR) is 58.7 cm³/mol. The normalized spacial score (nSPS) is 21.2. The molecule has 0 bridgehead atoms. The van der Waals surface area contributed by atoms with Crippen molar-refractivity contribution in [1.29, 1.82) is 0 Å². The second-order valence-electron chi connectivity index (χ2n) is 4.74. The average Bonchev–Trinajstić information content (AvgIpc) is 2.94. The lowest BCUT2D eigenvalue weighted by Gasteiger charge is -2.28. The molecule has 3 heteroatoms. The SMILES string of the molecule is COC(C(C)C)C(CCC1CC1)NN. The molecule has 1 aliphatic carbocycles. The number of rotatable bonds is 7. The van der Waals surface area contributed by atoms with E-state index in [2.05, 4.69) is 19.3 Å². The summed E-state index contributed by atoms with van der Waals surface area (Å²) in [5, 5.41) is 0. The summed E-state index contributed by atoms with van der Waals surface area (Å²) < 4.78 is 5.47. The molecule has 14 heavy (non-hydrogen) atoms. The van der Waals surface area contributed by atoms with E-state index in [1.54, 1.807) is 7.11 Å². The molecule has 2 atom stereocenters. The van der Waals surface area contributed by atoms with Gasteiger partial charge >= 0.3 is 0 Å². The van der Waals surface area contributed by atoms with Crippen molar-refractivity contribution in [2.75, 3.05) is 7.11 Å². The van der Waals surface area contributed by atoms with Crippen LogP contribution in [-0.4, -0.2) is 19.3 Å². The molecule has 1 rings (SSSR count). The van der Waals surface area contributed by atoms with E-state index in [9.17, 15) is 0 Å². The number of nitrogens with two attached hydrogens (primary N) is 1. The fourth-order valence-electron chi connectivity index (χ4n) is 2.07. The first-order valence-electron chi connectivity index (χ1n) is 5.68. The Labute approximate surface area is 87.4 Å². The Morgan fingerprint density at radius 2 is 2.07 bits per heavy atom. The molecule has 0 amide bonds. The number of methoxy groups -OCH3 is 1. The van der Waals surface area contributed by atoms with E-state index in [1.807, 2.05) is 0 Å². The molecular formula is C11H24N2O. The van der Waals surface area contributed by atoms with Crippen LogP contribution in [0, 0.1) is 11.8 Å². The Kier molecular flexibility index (Phi) is 4.85. The van der Waals surface area contributed by atoms with Crippen LogP contribution in [0.2, 0.25) is 0 Å². The van der Waals surface area contributed by atoms with Gasteiger partial charge in [0, 0.05) is 13.2 Å². The number of hydrogen-bond donors (Lipinski definition) is 2. The van der Waals surface area contributed by atoms with Gasteiger partial charge < -0.3 is 4.74 Å². The van der Waals surface area contributed by atoms with Gasteiger partial charge in [-0.05, 0) is 24.7 Å². The van der Waals surface area contributed by atoms with Crippen LogP contribution in [0.1, 0.15) is 39.5 Å². The molecule has 3 nitrogen and oxygen atoms in total. The second kappa shape index (κ2) is 5.69. The summed E-state index contributed by atoms with van der Waals surface area (Å²) in [6.07, 6.45) is 5.49. The zero-order valence-electron chi connectivity index (χ0n) is 9.62. The Morgan fingerprint density at radius 3 is 2.43 bits per heavy atom. The molecule has 0 aliphatic heterocycles. The van der Waals surface area contributed by atoms with Crippen LogP contribution in [0.15, 0.2) is 0 Å². The average molecular weight is 200 g/mol. The third-order valence-corrected chi connectivity index (χ3v) is 3.12. The van der Waals surface area contributed by atoms with Gasteiger partial charge in [0.25, 0.3) is 0 Å². The van der Waals surface area contributed by atoms with Gasteiger partial charge in [0.15, 0.2) is 0 Å². The van der Waals surface area contributed by atoms with Gasteiger partial charge in [0.05, 0.1) is 6.10 Å². The van der Waals surface area contributed by atoms with Gasteiger partial charge in [0.1, 0.15) is 0 Å². The molecule has 0 aromatic carbocycles. The minimum absolute atomic E-state index is 0.235. The Bertz CT molecular complexity index is 157. The minimum atomic E-state index is 0.235.